The summed E-state index contributed by atoms with van der Waals surface area (Å²) in [6.07, 6.45) is 2.01. The van der Waals surface area contributed by atoms with Crippen LogP contribution in [0.4, 0.5) is 0 Å². The standard InChI is InChI=1S/C22H21O2PS/c1-16-14-20(26-3)15-17(2)21(16)22(23)25(24,18-10-6-4-7-11-18)19-12-8-5-9-13-19/h4-15H,1-3H3. The summed E-state index contributed by atoms with van der Waals surface area (Å²) in [6, 6.07) is 22.2. The minimum absolute atomic E-state index is 0.294. The summed E-state index contributed by atoms with van der Waals surface area (Å²) >= 11 is 1.64. The fraction of sp³-hybridized carbons (Fsp3) is 0.136. The highest BCUT2D eigenvalue weighted by molar-refractivity contribution is 7.98. The molecule has 3 aromatic rings. The van der Waals surface area contributed by atoms with Gasteiger partial charge in [-0.3, -0.25) is 4.79 Å². The summed E-state index contributed by atoms with van der Waals surface area (Å²) in [7, 11) is -3.46. The smallest absolute Gasteiger partial charge is 0.230 e. The molecule has 26 heavy (non-hydrogen) atoms. The molecule has 3 rings (SSSR count). The average Bonchev–Trinajstić information content (AvgIpc) is 2.68. The molecule has 0 radical (unpaired) electrons. The van der Waals surface area contributed by atoms with Gasteiger partial charge in [0, 0.05) is 21.1 Å². The molecule has 132 valence electrons. The molecule has 4 heteroatoms. The Kier molecular flexibility index (Phi) is 5.50. The number of thioether (sulfide) groups is 1. The van der Waals surface area contributed by atoms with Gasteiger partial charge in [-0.25, -0.2) is 0 Å². The van der Waals surface area contributed by atoms with Crippen molar-refractivity contribution in [2.75, 3.05) is 6.26 Å². The first kappa shape index (κ1) is 18.7. The summed E-state index contributed by atoms with van der Waals surface area (Å²) in [4.78, 5) is 14.7. The molecule has 0 aliphatic rings. The molecule has 0 heterocycles. The second kappa shape index (κ2) is 7.65. The van der Waals surface area contributed by atoms with Gasteiger partial charge in [0.2, 0.25) is 12.7 Å². The van der Waals surface area contributed by atoms with Gasteiger partial charge in [-0.1, -0.05) is 60.7 Å². The monoisotopic (exact) mass is 380 g/mol. The predicted octanol–water partition coefficient (Wildman–Crippen LogP) is 5.18. The number of rotatable bonds is 5. The van der Waals surface area contributed by atoms with Gasteiger partial charge in [0.05, 0.1) is 0 Å². The van der Waals surface area contributed by atoms with E-state index < -0.39 is 7.14 Å². The number of hydrogen-bond acceptors (Lipinski definition) is 3. The van der Waals surface area contributed by atoms with Crippen molar-refractivity contribution >= 4 is 35.0 Å². The maximum atomic E-state index is 14.2. The lowest BCUT2D eigenvalue weighted by atomic mass is 10.0. The Hall–Kier alpha value is -2.09. The van der Waals surface area contributed by atoms with Crippen molar-refractivity contribution in [1.82, 2.24) is 0 Å². The average molecular weight is 380 g/mol. The van der Waals surface area contributed by atoms with Gasteiger partial charge >= 0.3 is 0 Å². The van der Waals surface area contributed by atoms with Crippen LogP contribution in [-0.4, -0.2) is 11.8 Å². The molecule has 0 saturated carbocycles. The zero-order valence-corrected chi connectivity index (χ0v) is 16.8. The normalized spacial score (nSPS) is 11.3. The van der Waals surface area contributed by atoms with Crippen molar-refractivity contribution in [1.29, 1.82) is 0 Å². The first-order valence-corrected chi connectivity index (χ1v) is 11.3. The van der Waals surface area contributed by atoms with Gasteiger partial charge < -0.3 is 4.57 Å². The summed E-state index contributed by atoms with van der Waals surface area (Å²) in [5.74, 6) is 0. The fourth-order valence-corrected chi connectivity index (χ4v) is 6.40. The van der Waals surface area contributed by atoms with Crippen LogP contribution in [0.3, 0.4) is 0 Å². The fourth-order valence-electron chi connectivity index (χ4n) is 3.20. The van der Waals surface area contributed by atoms with E-state index in [-0.39, 0.29) is 5.52 Å². The van der Waals surface area contributed by atoms with Crippen LogP contribution in [0.2, 0.25) is 0 Å². The minimum atomic E-state index is -3.46. The Balaban J connectivity index is 2.25. The molecule has 3 aromatic carbocycles. The first-order valence-electron chi connectivity index (χ1n) is 8.40. The highest BCUT2D eigenvalue weighted by atomic mass is 32.2. The number of aryl methyl sites for hydroxylation is 2. The third-order valence-electron chi connectivity index (χ3n) is 4.48. The maximum absolute atomic E-state index is 14.2. The maximum Gasteiger partial charge on any atom is 0.230 e. The van der Waals surface area contributed by atoms with Crippen LogP contribution in [0.15, 0.2) is 77.7 Å². The lowest BCUT2D eigenvalue weighted by Crippen LogP contribution is -2.23. The second-order valence-electron chi connectivity index (χ2n) is 6.22. The van der Waals surface area contributed by atoms with Gasteiger partial charge in [-0.15, -0.1) is 11.8 Å². The highest BCUT2D eigenvalue weighted by Gasteiger charge is 2.37. The van der Waals surface area contributed by atoms with Gasteiger partial charge in [-0.2, -0.15) is 0 Å². The molecular formula is C22H21O2PS. The van der Waals surface area contributed by atoms with E-state index in [4.69, 9.17) is 0 Å². The third kappa shape index (κ3) is 3.30. The molecule has 0 atom stereocenters. The summed E-state index contributed by atoms with van der Waals surface area (Å²) in [5.41, 5.74) is 2.01. The molecule has 0 amide bonds. The number of carbonyl (C=O) groups is 1. The van der Waals surface area contributed by atoms with Crippen molar-refractivity contribution in [2.24, 2.45) is 0 Å². The Morgan fingerprint density at radius 1 is 0.808 bits per heavy atom. The molecular weight excluding hydrogens is 359 g/mol. The van der Waals surface area contributed by atoms with Crippen LogP contribution in [0.5, 0.6) is 0 Å². The molecule has 0 aliphatic heterocycles. The number of hydrogen-bond donors (Lipinski definition) is 0. The van der Waals surface area contributed by atoms with E-state index in [1.165, 1.54) is 0 Å². The topological polar surface area (TPSA) is 34.1 Å². The highest BCUT2D eigenvalue weighted by Crippen LogP contribution is 2.48. The van der Waals surface area contributed by atoms with Crippen LogP contribution in [-0.2, 0) is 4.57 Å². The Bertz CT molecular complexity index is 915. The van der Waals surface area contributed by atoms with Crippen LogP contribution in [0.1, 0.15) is 21.5 Å². The van der Waals surface area contributed by atoms with E-state index in [0.717, 1.165) is 16.0 Å². The number of carbonyl (C=O) groups excluding carboxylic acids is 1. The van der Waals surface area contributed by atoms with Crippen molar-refractivity contribution in [3.05, 3.63) is 89.5 Å². The molecule has 0 unspecified atom stereocenters. The molecule has 0 saturated heterocycles. The van der Waals surface area contributed by atoms with E-state index in [1.54, 1.807) is 36.0 Å². The molecule has 0 spiro atoms. The molecule has 0 N–H and O–H groups in total. The molecule has 2 nitrogen and oxygen atoms in total. The SMILES string of the molecule is CSc1cc(C)c(C(=O)P(=O)(c2ccccc2)c2ccccc2)c(C)c1. The van der Waals surface area contributed by atoms with E-state index in [9.17, 15) is 9.36 Å². The van der Waals surface area contributed by atoms with Crippen molar-refractivity contribution < 1.29 is 9.36 Å². The molecule has 0 bridgehead atoms. The Labute approximate surface area is 159 Å². The zero-order valence-electron chi connectivity index (χ0n) is 15.1. The third-order valence-corrected chi connectivity index (χ3v) is 8.03. The largest absolute Gasteiger partial charge is 0.305 e. The van der Waals surface area contributed by atoms with Crippen LogP contribution >= 0.6 is 18.9 Å². The van der Waals surface area contributed by atoms with Crippen LogP contribution in [0, 0.1) is 13.8 Å². The molecule has 0 fully saturated rings. The van der Waals surface area contributed by atoms with Gasteiger partial charge in [0.1, 0.15) is 0 Å². The van der Waals surface area contributed by atoms with Gasteiger partial charge in [0.15, 0.2) is 0 Å². The predicted molar refractivity (Wildman–Crippen MR) is 112 cm³/mol. The van der Waals surface area contributed by atoms with Crippen LogP contribution < -0.4 is 10.6 Å². The van der Waals surface area contributed by atoms with E-state index >= 15 is 0 Å². The van der Waals surface area contributed by atoms with E-state index in [2.05, 4.69) is 0 Å². The minimum Gasteiger partial charge on any atom is -0.305 e. The zero-order chi connectivity index (χ0) is 18.7. The second-order valence-corrected chi connectivity index (χ2v) is 9.76. The van der Waals surface area contributed by atoms with E-state index in [0.29, 0.717) is 16.2 Å². The lowest BCUT2D eigenvalue weighted by molar-refractivity contribution is 0.107. The van der Waals surface area contributed by atoms with Gasteiger partial charge in [-0.05, 0) is 43.4 Å². The Morgan fingerprint density at radius 3 is 1.62 bits per heavy atom. The quantitative estimate of drug-likeness (QED) is 0.452. The number of benzene rings is 3. The van der Waals surface area contributed by atoms with Crippen molar-refractivity contribution in [3.63, 3.8) is 0 Å². The Morgan fingerprint density at radius 2 is 1.23 bits per heavy atom. The first-order chi connectivity index (χ1) is 12.5. The van der Waals surface area contributed by atoms with E-state index in [1.807, 2.05) is 68.6 Å². The van der Waals surface area contributed by atoms with Crippen molar-refractivity contribution in [3.8, 4) is 0 Å². The van der Waals surface area contributed by atoms with Crippen LogP contribution in [0.25, 0.3) is 0 Å². The summed E-state index contributed by atoms with van der Waals surface area (Å²) in [5, 5.41) is 1.15. The molecule has 0 aromatic heterocycles. The van der Waals surface area contributed by atoms with Gasteiger partial charge in [0.25, 0.3) is 0 Å². The lowest BCUT2D eigenvalue weighted by Gasteiger charge is -2.20. The summed E-state index contributed by atoms with van der Waals surface area (Å²) in [6.45, 7) is 3.83. The molecule has 0 aliphatic carbocycles. The summed E-state index contributed by atoms with van der Waals surface area (Å²) < 4.78 is 14.2. The van der Waals surface area contributed by atoms with Crippen molar-refractivity contribution in [2.45, 2.75) is 18.7 Å².